The molecule has 0 unspecified atom stereocenters. The molecule has 0 aliphatic heterocycles. The Morgan fingerprint density at radius 3 is 2.77 bits per heavy atom. The van der Waals surface area contributed by atoms with E-state index in [-0.39, 0.29) is 0 Å². The van der Waals surface area contributed by atoms with Crippen molar-refractivity contribution in [3.8, 4) is 22.9 Å². The Kier molecular flexibility index (Phi) is 3.96. The van der Waals surface area contributed by atoms with Crippen LogP contribution in [-0.2, 0) is 7.05 Å². The van der Waals surface area contributed by atoms with Crippen molar-refractivity contribution in [2.24, 2.45) is 7.05 Å². The molecule has 3 rings (SSSR count). The maximum Gasteiger partial charge on any atom is 0.178 e. The second kappa shape index (κ2) is 6.05. The summed E-state index contributed by atoms with van der Waals surface area (Å²) in [5.74, 6) is 2.33. The third-order valence-corrected chi connectivity index (χ3v) is 3.54. The molecule has 0 radical (unpaired) electrons. The number of fused-ring (bicyclic) bond motifs is 1. The molecular formula is C17H19N3O2. The number of nitrogens with zero attached hydrogens (tertiary/aromatic N) is 3. The van der Waals surface area contributed by atoms with Crippen molar-refractivity contribution in [2.45, 2.75) is 13.3 Å². The molecule has 0 bridgehead atoms. The summed E-state index contributed by atoms with van der Waals surface area (Å²) < 4.78 is 13.2. The Hall–Kier alpha value is -2.56. The first-order chi connectivity index (χ1) is 10.7. The summed E-state index contributed by atoms with van der Waals surface area (Å²) in [5, 5.41) is 0. The number of rotatable bonds is 5. The lowest BCUT2D eigenvalue weighted by atomic mass is 10.2. The van der Waals surface area contributed by atoms with Gasteiger partial charge in [-0.3, -0.25) is 0 Å². The Morgan fingerprint density at radius 2 is 2.05 bits per heavy atom. The van der Waals surface area contributed by atoms with Crippen molar-refractivity contribution in [3.05, 3.63) is 36.5 Å². The van der Waals surface area contributed by atoms with Gasteiger partial charge in [-0.05, 0) is 36.8 Å². The maximum absolute atomic E-state index is 5.78. The molecule has 2 heterocycles. The van der Waals surface area contributed by atoms with E-state index in [1.54, 1.807) is 13.3 Å². The fourth-order valence-electron chi connectivity index (χ4n) is 2.42. The molecule has 0 saturated carbocycles. The highest BCUT2D eigenvalue weighted by Gasteiger charge is 2.13. The lowest BCUT2D eigenvalue weighted by Crippen LogP contribution is -1.99. The number of benzene rings is 1. The van der Waals surface area contributed by atoms with Crippen LogP contribution in [0.1, 0.15) is 13.3 Å². The maximum atomic E-state index is 5.78. The summed E-state index contributed by atoms with van der Waals surface area (Å²) in [6.07, 6.45) is 2.70. The molecule has 5 nitrogen and oxygen atoms in total. The van der Waals surface area contributed by atoms with Crippen molar-refractivity contribution in [1.82, 2.24) is 14.5 Å². The molecule has 1 aromatic carbocycles. The van der Waals surface area contributed by atoms with Gasteiger partial charge in [0, 0.05) is 18.8 Å². The average molecular weight is 297 g/mol. The average Bonchev–Trinajstić information content (AvgIpc) is 2.90. The van der Waals surface area contributed by atoms with E-state index in [0.29, 0.717) is 6.61 Å². The van der Waals surface area contributed by atoms with Gasteiger partial charge in [0.15, 0.2) is 17.1 Å². The molecule has 0 saturated heterocycles. The van der Waals surface area contributed by atoms with Crippen molar-refractivity contribution in [2.75, 3.05) is 13.7 Å². The number of pyridine rings is 1. The van der Waals surface area contributed by atoms with Crippen molar-refractivity contribution in [3.63, 3.8) is 0 Å². The Morgan fingerprint density at radius 1 is 1.18 bits per heavy atom. The highest BCUT2D eigenvalue weighted by atomic mass is 16.5. The second-order valence-corrected chi connectivity index (χ2v) is 5.05. The standard InChI is InChI=1S/C17H19N3O2/c1-4-10-22-15-11-12(7-8-14(15)21-3)17-19-16-13(20(17)2)6-5-9-18-16/h5-9,11H,4,10H2,1-3H3. The van der Waals surface area contributed by atoms with E-state index in [2.05, 4.69) is 16.9 Å². The zero-order valence-corrected chi connectivity index (χ0v) is 13.0. The van der Waals surface area contributed by atoms with E-state index in [9.17, 15) is 0 Å². The van der Waals surface area contributed by atoms with Crippen LogP contribution in [0.2, 0.25) is 0 Å². The zero-order valence-electron chi connectivity index (χ0n) is 13.0. The molecule has 22 heavy (non-hydrogen) atoms. The first-order valence-electron chi connectivity index (χ1n) is 7.33. The van der Waals surface area contributed by atoms with Gasteiger partial charge in [0.25, 0.3) is 0 Å². The van der Waals surface area contributed by atoms with Gasteiger partial charge in [-0.1, -0.05) is 6.92 Å². The minimum absolute atomic E-state index is 0.657. The number of hydrogen-bond donors (Lipinski definition) is 0. The number of imidazole rings is 1. The van der Waals surface area contributed by atoms with Crippen LogP contribution in [0.4, 0.5) is 0 Å². The van der Waals surface area contributed by atoms with Gasteiger partial charge in [-0.25, -0.2) is 9.97 Å². The Balaban J connectivity index is 2.08. The van der Waals surface area contributed by atoms with Crippen LogP contribution in [-0.4, -0.2) is 28.3 Å². The molecule has 0 atom stereocenters. The minimum Gasteiger partial charge on any atom is -0.493 e. The first kappa shape index (κ1) is 14.4. The molecule has 0 aliphatic rings. The molecule has 0 N–H and O–H groups in total. The van der Waals surface area contributed by atoms with Crippen LogP contribution < -0.4 is 9.47 Å². The molecule has 114 valence electrons. The largest absolute Gasteiger partial charge is 0.493 e. The van der Waals surface area contributed by atoms with Crippen molar-refractivity contribution in [1.29, 1.82) is 0 Å². The van der Waals surface area contributed by atoms with Crippen LogP contribution in [0.15, 0.2) is 36.5 Å². The Labute approximate surface area is 129 Å². The number of aromatic nitrogens is 3. The number of ether oxygens (including phenoxy) is 2. The molecule has 3 aromatic rings. The normalized spacial score (nSPS) is 10.9. The van der Waals surface area contributed by atoms with Crippen LogP contribution in [0, 0.1) is 0 Å². The second-order valence-electron chi connectivity index (χ2n) is 5.05. The summed E-state index contributed by atoms with van der Waals surface area (Å²) >= 11 is 0. The highest BCUT2D eigenvalue weighted by molar-refractivity contribution is 5.77. The van der Waals surface area contributed by atoms with Gasteiger partial charge in [0.05, 0.1) is 19.2 Å². The first-order valence-corrected chi connectivity index (χ1v) is 7.33. The molecule has 0 amide bonds. The van der Waals surface area contributed by atoms with Crippen LogP contribution in [0.5, 0.6) is 11.5 Å². The fourth-order valence-corrected chi connectivity index (χ4v) is 2.42. The minimum atomic E-state index is 0.657. The SMILES string of the molecule is CCCOc1cc(-c2nc3ncccc3n2C)ccc1OC. The highest BCUT2D eigenvalue weighted by Crippen LogP contribution is 2.33. The van der Waals surface area contributed by atoms with E-state index in [1.165, 1.54) is 0 Å². The van der Waals surface area contributed by atoms with Crippen molar-refractivity contribution < 1.29 is 9.47 Å². The molecule has 0 fully saturated rings. The van der Waals surface area contributed by atoms with Crippen molar-refractivity contribution >= 4 is 11.2 Å². The van der Waals surface area contributed by atoms with Gasteiger partial charge in [-0.2, -0.15) is 0 Å². The predicted molar refractivity (Wildman–Crippen MR) is 86.3 cm³/mol. The summed E-state index contributed by atoms with van der Waals surface area (Å²) in [4.78, 5) is 8.92. The summed E-state index contributed by atoms with van der Waals surface area (Å²) in [7, 11) is 3.63. The van der Waals surface area contributed by atoms with Crippen LogP contribution in [0.3, 0.4) is 0 Å². The number of methoxy groups -OCH3 is 1. The van der Waals surface area contributed by atoms with E-state index in [4.69, 9.17) is 9.47 Å². The van der Waals surface area contributed by atoms with E-state index < -0.39 is 0 Å². The fraction of sp³-hybridized carbons (Fsp3) is 0.294. The third kappa shape index (κ3) is 2.50. The van der Waals surface area contributed by atoms with Crippen LogP contribution in [0.25, 0.3) is 22.6 Å². The molecule has 0 spiro atoms. The monoisotopic (exact) mass is 297 g/mol. The third-order valence-electron chi connectivity index (χ3n) is 3.54. The molecule has 5 heteroatoms. The quantitative estimate of drug-likeness (QED) is 0.724. The van der Waals surface area contributed by atoms with Gasteiger partial charge in [0.1, 0.15) is 5.82 Å². The van der Waals surface area contributed by atoms with E-state index in [1.807, 2.05) is 41.9 Å². The van der Waals surface area contributed by atoms with Gasteiger partial charge >= 0.3 is 0 Å². The van der Waals surface area contributed by atoms with Gasteiger partial charge in [-0.15, -0.1) is 0 Å². The van der Waals surface area contributed by atoms with Gasteiger partial charge in [0.2, 0.25) is 0 Å². The van der Waals surface area contributed by atoms with E-state index >= 15 is 0 Å². The smallest absolute Gasteiger partial charge is 0.178 e. The molecular weight excluding hydrogens is 278 g/mol. The van der Waals surface area contributed by atoms with Crippen LogP contribution >= 0.6 is 0 Å². The molecule has 0 aliphatic carbocycles. The lowest BCUT2D eigenvalue weighted by molar-refractivity contribution is 0.294. The molecule has 2 aromatic heterocycles. The zero-order chi connectivity index (χ0) is 15.5. The topological polar surface area (TPSA) is 49.2 Å². The van der Waals surface area contributed by atoms with E-state index in [0.717, 1.165) is 40.5 Å². The Bertz CT molecular complexity index is 796. The van der Waals surface area contributed by atoms with Gasteiger partial charge < -0.3 is 14.0 Å². The predicted octanol–water partition coefficient (Wildman–Crippen LogP) is 3.43. The summed E-state index contributed by atoms with van der Waals surface area (Å²) in [6.45, 7) is 2.73. The lowest BCUT2D eigenvalue weighted by Gasteiger charge is -2.11. The summed E-state index contributed by atoms with van der Waals surface area (Å²) in [5.41, 5.74) is 2.73. The number of aryl methyl sites for hydroxylation is 1. The number of hydrogen-bond acceptors (Lipinski definition) is 4. The summed E-state index contributed by atoms with van der Waals surface area (Å²) in [6, 6.07) is 9.79.